The summed E-state index contributed by atoms with van der Waals surface area (Å²) in [4.78, 5) is 27.9. The predicted molar refractivity (Wildman–Crippen MR) is 97.3 cm³/mol. The van der Waals surface area contributed by atoms with Crippen molar-refractivity contribution in [2.24, 2.45) is 0 Å². The lowest BCUT2D eigenvalue weighted by Crippen LogP contribution is -2.34. The molecule has 0 saturated heterocycles. The lowest BCUT2D eigenvalue weighted by Gasteiger charge is -2.26. The zero-order valence-electron chi connectivity index (χ0n) is 14.9. The maximum atomic E-state index is 12.9. The van der Waals surface area contributed by atoms with E-state index in [4.69, 9.17) is 9.15 Å². The number of hydrogen-bond acceptors (Lipinski definition) is 6. The van der Waals surface area contributed by atoms with Gasteiger partial charge in [-0.15, -0.1) is 11.3 Å². The van der Waals surface area contributed by atoms with Crippen molar-refractivity contribution in [2.45, 2.75) is 32.9 Å². The van der Waals surface area contributed by atoms with Gasteiger partial charge in [0.2, 0.25) is 5.78 Å². The Bertz CT molecular complexity index is 834. The van der Waals surface area contributed by atoms with E-state index in [1.54, 1.807) is 6.07 Å². The Labute approximate surface area is 155 Å². The molecular formula is C19H21NO5S. The summed E-state index contributed by atoms with van der Waals surface area (Å²) in [7, 11) is 0. The third kappa shape index (κ3) is 3.32. The first kappa shape index (κ1) is 18.4. The molecule has 3 heterocycles. The van der Waals surface area contributed by atoms with Crippen LogP contribution in [0, 0.1) is 6.92 Å². The third-order valence-corrected chi connectivity index (χ3v) is 5.30. The van der Waals surface area contributed by atoms with Crippen LogP contribution >= 0.6 is 11.3 Å². The molecule has 0 aliphatic carbocycles. The van der Waals surface area contributed by atoms with Crippen LogP contribution in [0.5, 0.6) is 0 Å². The maximum absolute atomic E-state index is 12.9. The molecule has 0 saturated carbocycles. The summed E-state index contributed by atoms with van der Waals surface area (Å²) in [5, 5.41) is 12.4. The molecule has 0 aromatic carbocycles. The number of furan rings is 1. The molecule has 3 rings (SSSR count). The molecule has 0 bridgehead atoms. The highest BCUT2D eigenvalue weighted by atomic mass is 32.1. The molecule has 1 unspecified atom stereocenters. The van der Waals surface area contributed by atoms with Crippen LogP contribution in [0.4, 0.5) is 0 Å². The number of Topliss-reactive ketones (excluding diaryl/α,β-unsaturated/α-hetero) is 1. The Morgan fingerprint density at radius 2 is 2.19 bits per heavy atom. The number of nitrogens with zero attached hydrogens (tertiary/aromatic N) is 1. The molecule has 6 nitrogen and oxygen atoms in total. The highest BCUT2D eigenvalue weighted by Crippen LogP contribution is 2.42. The van der Waals surface area contributed by atoms with Crippen LogP contribution in [-0.2, 0) is 9.53 Å². The summed E-state index contributed by atoms with van der Waals surface area (Å²) in [6, 6.07) is 4.41. The van der Waals surface area contributed by atoms with Gasteiger partial charge in [0.05, 0.1) is 24.5 Å². The molecule has 2 aromatic rings. The average molecular weight is 375 g/mol. The van der Waals surface area contributed by atoms with Crippen molar-refractivity contribution < 1.29 is 23.8 Å². The number of amides is 1. The fraction of sp³-hybridized carbons (Fsp3) is 0.368. The molecule has 1 aliphatic rings. The topological polar surface area (TPSA) is 80.0 Å². The predicted octanol–water partition coefficient (Wildman–Crippen LogP) is 3.65. The van der Waals surface area contributed by atoms with E-state index < -0.39 is 23.5 Å². The number of hydrogen-bond donors (Lipinski definition) is 1. The number of ether oxygens (including phenoxy) is 1. The fourth-order valence-electron chi connectivity index (χ4n) is 2.98. The summed E-state index contributed by atoms with van der Waals surface area (Å²) in [6.45, 7) is 6.34. The second kappa shape index (κ2) is 7.47. The van der Waals surface area contributed by atoms with Crippen molar-refractivity contribution in [3.63, 3.8) is 0 Å². The number of aryl methyl sites for hydroxylation is 1. The Balaban J connectivity index is 1.99. The van der Waals surface area contributed by atoms with E-state index in [2.05, 4.69) is 0 Å². The minimum absolute atomic E-state index is 0.0282. The number of rotatable bonds is 7. The van der Waals surface area contributed by atoms with E-state index in [9.17, 15) is 14.7 Å². The monoisotopic (exact) mass is 375 g/mol. The molecule has 1 N–H and O–H groups in total. The average Bonchev–Trinajstić information content (AvgIpc) is 3.31. The Kier molecular flexibility index (Phi) is 5.29. The molecule has 0 radical (unpaired) electrons. The number of aliphatic hydroxyl groups is 1. The highest BCUT2D eigenvalue weighted by molar-refractivity contribution is 7.10. The van der Waals surface area contributed by atoms with Crippen LogP contribution in [-0.4, -0.2) is 41.0 Å². The van der Waals surface area contributed by atoms with Crippen molar-refractivity contribution in [1.82, 2.24) is 4.90 Å². The van der Waals surface area contributed by atoms with Crippen molar-refractivity contribution in [2.75, 3.05) is 13.2 Å². The van der Waals surface area contributed by atoms with Gasteiger partial charge in [-0.1, -0.05) is 0 Å². The SMILES string of the molecule is Cc1ccsc1C1C(C(=O)c2ccco2)=C(O)C(=O)N1CCOC(C)C. The molecular weight excluding hydrogens is 354 g/mol. The molecule has 1 amide bonds. The molecule has 1 aliphatic heterocycles. The number of carbonyl (C=O) groups excluding carboxylic acids is 2. The second-order valence-electron chi connectivity index (χ2n) is 6.36. The molecule has 0 spiro atoms. The van der Waals surface area contributed by atoms with Crippen LogP contribution in [0.3, 0.4) is 0 Å². The van der Waals surface area contributed by atoms with Gasteiger partial charge in [0.15, 0.2) is 11.5 Å². The van der Waals surface area contributed by atoms with Crippen LogP contribution in [0.2, 0.25) is 0 Å². The first-order chi connectivity index (χ1) is 12.4. The van der Waals surface area contributed by atoms with E-state index in [1.165, 1.54) is 28.6 Å². The smallest absolute Gasteiger partial charge is 0.290 e. The van der Waals surface area contributed by atoms with Gasteiger partial charge >= 0.3 is 0 Å². The van der Waals surface area contributed by atoms with Crippen molar-refractivity contribution in [1.29, 1.82) is 0 Å². The summed E-state index contributed by atoms with van der Waals surface area (Å²) in [6.07, 6.45) is 1.42. The molecule has 2 aromatic heterocycles. The Morgan fingerprint density at radius 1 is 1.42 bits per heavy atom. The van der Waals surface area contributed by atoms with Gasteiger partial charge in [-0.3, -0.25) is 9.59 Å². The molecule has 1 atom stereocenters. The van der Waals surface area contributed by atoms with E-state index >= 15 is 0 Å². The molecule has 26 heavy (non-hydrogen) atoms. The van der Waals surface area contributed by atoms with Gasteiger partial charge in [-0.25, -0.2) is 0 Å². The molecule has 138 valence electrons. The first-order valence-electron chi connectivity index (χ1n) is 8.39. The number of ketones is 1. The fourth-order valence-corrected chi connectivity index (χ4v) is 4.03. The number of thiophene rings is 1. The lowest BCUT2D eigenvalue weighted by atomic mass is 9.98. The standard InChI is InChI=1S/C19H21NO5S/c1-11(2)24-9-7-20-15(18-12(3)6-10-26-18)14(17(22)19(20)23)16(21)13-5-4-8-25-13/h4-6,8,10-11,15,22H,7,9H2,1-3H3. The van der Waals surface area contributed by atoms with Gasteiger partial charge < -0.3 is 19.2 Å². The zero-order chi connectivity index (χ0) is 18.8. The lowest BCUT2D eigenvalue weighted by molar-refractivity contribution is -0.130. The van der Waals surface area contributed by atoms with Crippen LogP contribution < -0.4 is 0 Å². The van der Waals surface area contributed by atoms with Crippen molar-refractivity contribution in [3.8, 4) is 0 Å². The quantitative estimate of drug-likeness (QED) is 0.747. The summed E-state index contributed by atoms with van der Waals surface area (Å²) < 4.78 is 10.7. The molecule has 7 heteroatoms. The number of aliphatic hydroxyl groups excluding tert-OH is 1. The van der Waals surface area contributed by atoms with Gasteiger partial charge in [0.25, 0.3) is 5.91 Å². The van der Waals surface area contributed by atoms with Gasteiger partial charge in [-0.05, 0) is 49.9 Å². The Morgan fingerprint density at radius 3 is 2.77 bits per heavy atom. The normalized spacial score (nSPS) is 17.6. The van der Waals surface area contributed by atoms with Crippen LogP contribution in [0.1, 0.15) is 40.9 Å². The minimum atomic E-state index is -0.643. The van der Waals surface area contributed by atoms with Crippen molar-refractivity contribution in [3.05, 3.63) is 57.4 Å². The van der Waals surface area contributed by atoms with E-state index in [-0.39, 0.29) is 24.0 Å². The third-order valence-electron chi connectivity index (χ3n) is 4.23. The summed E-state index contributed by atoms with van der Waals surface area (Å²) in [5.41, 5.74) is 1.02. The van der Waals surface area contributed by atoms with Crippen LogP contribution in [0.15, 0.2) is 45.6 Å². The second-order valence-corrected chi connectivity index (χ2v) is 7.30. The maximum Gasteiger partial charge on any atom is 0.290 e. The van der Waals surface area contributed by atoms with Crippen LogP contribution in [0.25, 0.3) is 0 Å². The van der Waals surface area contributed by atoms with Gasteiger partial charge in [-0.2, -0.15) is 0 Å². The van der Waals surface area contributed by atoms with E-state index in [1.807, 2.05) is 32.2 Å². The van der Waals surface area contributed by atoms with Gasteiger partial charge in [0, 0.05) is 11.4 Å². The van der Waals surface area contributed by atoms with E-state index in [0.29, 0.717) is 6.61 Å². The van der Waals surface area contributed by atoms with E-state index in [0.717, 1.165) is 10.4 Å². The van der Waals surface area contributed by atoms with Gasteiger partial charge in [0.1, 0.15) is 6.04 Å². The summed E-state index contributed by atoms with van der Waals surface area (Å²) in [5.74, 6) is -1.47. The zero-order valence-corrected chi connectivity index (χ0v) is 15.7. The first-order valence-corrected chi connectivity index (χ1v) is 9.27. The largest absolute Gasteiger partial charge is 0.503 e. The summed E-state index contributed by atoms with van der Waals surface area (Å²) >= 11 is 1.45. The van der Waals surface area contributed by atoms with Crippen molar-refractivity contribution >= 4 is 23.0 Å². The molecule has 0 fully saturated rings. The minimum Gasteiger partial charge on any atom is -0.503 e. The Hall–Kier alpha value is -2.38. The number of carbonyl (C=O) groups is 2. The highest BCUT2D eigenvalue weighted by Gasteiger charge is 2.45.